The predicted octanol–water partition coefficient (Wildman–Crippen LogP) is 2.77. The van der Waals surface area contributed by atoms with Crippen LogP contribution < -0.4 is 9.47 Å². The fraction of sp³-hybridized carbons (Fsp3) is 0.238. The number of Topliss-reactive ketones (excluding diaryl/α,β-unsaturated/α-hetero) is 1. The van der Waals surface area contributed by atoms with Crippen molar-refractivity contribution in [2.75, 3.05) is 27.4 Å². The maximum atomic E-state index is 12.8. The van der Waals surface area contributed by atoms with Crippen LogP contribution in [0.4, 0.5) is 0 Å². The van der Waals surface area contributed by atoms with Crippen LogP contribution >= 0.6 is 11.6 Å². The zero-order chi connectivity index (χ0) is 21.1. The van der Waals surface area contributed by atoms with Gasteiger partial charge in [0.15, 0.2) is 0 Å². The van der Waals surface area contributed by atoms with Crippen molar-refractivity contribution in [1.29, 1.82) is 0 Å². The minimum atomic E-state index is -0.932. The molecule has 1 fully saturated rings. The van der Waals surface area contributed by atoms with E-state index in [1.54, 1.807) is 42.5 Å². The number of ketones is 1. The van der Waals surface area contributed by atoms with Gasteiger partial charge >= 0.3 is 0 Å². The Balaban J connectivity index is 2.23. The van der Waals surface area contributed by atoms with Gasteiger partial charge in [-0.1, -0.05) is 11.6 Å². The van der Waals surface area contributed by atoms with E-state index in [0.29, 0.717) is 27.6 Å². The lowest BCUT2D eigenvalue weighted by Gasteiger charge is -2.26. The standard InChI is InChI=1S/C21H20ClNO6/c1-28-14-7-8-15(16(11-14)29-2)18-17(20(26)21(27)23(18)9-10-24)19(25)12-3-5-13(22)6-4-12/h3-8,11,18,24-25H,9-10H2,1-2H3/b19-17+/t18-/m0/s1. The smallest absolute Gasteiger partial charge is 0.295 e. The number of likely N-dealkylation sites (tertiary alicyclic amines) is 1. The predicted molar refractivity (Wildman–Crippen MR) is 107 cm³/mol. The lowest BCUT2D eigenvalue weighted by Crippen LogP contribution is -2.32. The molecule has 1 heterocycles. The van der Waals surface area contributed by atoms with Crippen LogP contribution in [0.15, 0.2) is 48.0 Å². The molecule has 1 aliphatic rings. The average Bonchev–Trinajstić information content (AvgIpc) is 2.98. The Hall–Kier alpha value is -3.03. The summed E-state index contributed by atoms with van der Waals surface area (Å²) in [7, 11) is 2.96. The second kappa shape index (κ2) is 8.55. The number of carbonyl (C=O) groups is 2. The highest BCUT2D eigenvalue weighted by atomic mass is 35.5. The normalized spacial score (nSPS) is 18.2. The fourth-order valence-electron chi connectivity index (χ4n) is 3.35. The molecule has 0 spiro atoms. The van der Waals surface area contributed by atoms with Gasteiger partial charge in [0.1, 0.15) is 17.3 Å². The highest BCUT2D eigenvalue weighted by Gasteiger charge is 2.46. The van der Waals surface area contributed by atoms with Crippen molar-refractivity contribution < 1.29 is 29.3 Å². The number of halogens is 1. The number of carbonyl (C=O) groups excluding carboxylic acids is 2. The first-order chi connectivity index (χ1) is 13.9. The van der Waals surface area contributed by atoms with Gasteiger partial charge < -0.3 is 24.6 Å². The third-order valence-corrected chi connectivity index (χ3v) is 4.99. The Bertz CT molecular complexity index is 970. The second-order valence-corrected chi connectivity index (χ2v) is 6.77. The Labute approximate surface area is 172 Å². The van der Waals surface area contributed by atoms with Crippen molar-refractivity contribution in [3.05, 3.63) is 64.2 Å². The number of aliphatic hydroxyl groups excluding tert-OH is 2. The van der Waals surface area contributed by atoms with Crippen molar-refractivity contribution in [2.45, 2.75) is 6.04 Å². The minimum absolute atomic E-state index is 0.0815. The monoisotopic (exact) mass is 417 g/mol. The van der Waals surface area contributed by atoms with Crippen LogP contribution in [0.5, 0.6) is 11.5 Å². The van der Waals surface area contributed by atoms with Crippen LogP contribution in [0.2, 0.25) is 5.02 Å². The van der Waals surface area contributed by atoms with E-state index in [4.69, 9.17) is 21.1 Å². The van der Waals surface area contributed by atoms with Gasteiger partial charge in [-0.2, -0.15) is 0 Å². The molecule has 2 N–H and O–H groups in total. The fourth-order valence-corrected chi connectivity index (χ4v) is 3.48. The molecule has 29 heavy (non-hydrogen) atoms. The zero-order valence-corrected chi connectivity index (χ0v) is 16.6. The lowest BCUT2D eigenvalue weighted by atomic mass is 9.94. The van der Waals surface area contributed by atoms with Gasteiger partial charge in [0, 0.05) is 28.8 Å². The quantitative estimate of drug-likeness (QED) is 0.426. The number of hydrogen-bond donors (Lipinski definition) is 2. The SMILES string of the molecule is COc1ccc([C@H]2/C(=C(\O)c3ccc(Cl)cc3)C(=O)C(=O)N2CCO)c(OC)c1. The molecule has 2 aromatic rings. The summed E-state index contributed by atoms with van der Waals surface area (Å²) in [5, 5.41) is 20.8. The first-order valence-corrected chi connectivity index (χ1v) is 9.17. The molecule has 0 unspecified atom stereocenters. The first-order valence-electron chi connectivity index (χ1n) is 8.80. The molecular weight excluding hydrogens is 398 g/mol. The molecule has 0 radical (unpaired) electrons. The molecule has 3 rings (SSSR count). The molecule has 152 valence electrons. The molecule has 1 atom stereocenters. The van der Waals surface area contributed by atoms with E-state index in [2.05, 4.69) is 0 Å². The van der Waals surface area contributed by atoms with Crippen LogP contribution in [0.3, 0.4) is 0 Å². The zero-order valence-electron chi connectivity index (χ0n) is 15.9. The summed E-state index contributed by atoms with van der Waals surface area (Å²) >= 11 is 5.90. The summed E-state index contributed by atoms with van der Waals surface area (Å²) in [5.41, 5.74) is 0.736. The summed E-state index contributed by atoms with van der Waals surface area (Å²) in [6.45, 7) is -0.426. The molecule has 1 saturated heterocycles. The molecule has 1 aliphatic heterocycles. The van der Waals surface area contributed by atoms with Crippen molar-refractivity contribution in [3.63, 3.8) is 0 Å². The first kappa shape index (κ1) is 20.7. The summed E-state index contributed by atoms with van der Waals surface area (Å²) in [6.07, 6.45) is 0. The van der Waals surface area contributed by atoms with E-state index in [0.717, 1.165) is 0 Å². The summed E-state index contributed by atoms with van der Waals surface area (Å²) in [5.74, 6) is -1.07. The largest absolute Gasteiger partial charge is 0.507 e. The van der Waals surface area contributed by atoms with Gasteiger partial charge in [-0.3, -0.25) is 9.59 Å². The topological polar surface area (TPSA) is 96.3 Å². The second-order valence-electron chi connectivity index (χ2n) is 6.33. The number of amides is 1. The molecule has 1 amide bonds. The maximum absolute atomic E-state index is 12.8. The summed E-state index contributed by atoms with van der Waals surface area (Å²) in [4.78, 5) is 26.6. The van der Waals surface area contributed by atoms with E-state index in [1.165, 1.54) is 19.1 Å². The van der Waals surface area contributed by atoms with Crippen LogP contribution in [-0.2, 0) is 9.59 Å². The number of ether oxygens (including phenoxy) is 2. The number of methoxy groups -OCH3 is 2. The van der Waals surface area contributed by atoms with Gasteiger partial charge in [0.05, 0.1) is 32.4 Å². The molecule has 8 heteroatoms. The molecule has 0 saturated carbocycles. The van der Waals surface area contributed by atoms with Crippen LogP contribution in [0.25, 0.3) is 5.76 Å². The number of benzene rings is 2. The Morgan fingerprint density at radius 2 is 1.79 bits per heavy atom. The highest BCUT2D eigenvalue weighted by Crippen LogP contribution is 2.43. The molecule has 2 aromatic carbocycles. The van der Waals surface area contributed by atoms with Crippen LogP contribution in [0.1, 0.15) is 17.2 Å². The third kappa shape index (κ3) is 3.79. The van der Waals surface area contributed by atoms with E-state index < -0.39 is 17.7 Å². The van der Waals surface area contributed by atoms with E-state index in [9.17, 15) is 19.8 Å². The number of hydrogen-bond acceptors (Lipinski definition) is 6. The summed E-state index contributed by atoms with van der Waals surface area (Å²) < 4.78 is 10.6. The molecule has 7 nitrogen and oxygen atoms in total. The van der Waals surface area contributed by atoms with E-state index in [-0.39, 0.29) is 24.5 Å². The number of aliphatic hydroxyl groups is 2. The van der Waals surface area contributed by atoms with Crippen molar-refractivity contribution in [3.8, 4) is 11.5 Å². The number of rotatable bonds is 6. The maximum Gasteiger partial charge on any atom is 0.295 e. The number of β-amino-alcohol motifs (C(OH)–C–C–N with tert-alkyl or cyclic N) is 1. The van der Waals surface area contributed by atoms with E-state index >= 15 is 0 Å². The minimum Gasteiger partial charge on any atom is -0.507 e. The van der Waals surface area contributed by atoms with Gasteiger partial charge in [-0.05, 0) is 36.4 Å². The Morgan fingerprint density at radius 3 is 2.38 bits per heavy atom. The van der Waals surface area contributed by atoms with Crippen LogP contribution in [-0.4, -0.2) is 54.2 Å². The van der Waals surface area contributed by atoms with Gasteiger partial charge in [0.25, 0.3) is 11.7 Å². The lowest BCUT2D eigenvalue weighted by molar-refractivity contribution is -0.140. The number of nitrogens with zero attached hydrogens (tertiary/aromatic N) is 1. The highest BCUT2D eigenvalue weighted by molar-refractivity contribution is 6.46. The molecule has 0 aliphatic carbocycles. The third-order valence-electron chi connectivity index (χ3n) is 4.73. The van der Waals surface area contributed by atoms with E-state index in [1.807, 2.05) is 0 Å². The van der Waals surface area contributed by atoms with Gasteiger partial charge in [-0.25, -0.2) is 0 Å². The molecular formula is C21H20ClNO6. The Morgan fingerprint density at radius 1 is 1.10 bits per heavy atom. The Kier molecular flexibility index (Phi) is 6.10. The molecule has 0 bridgehead atoms. The molecule has 0 aromatic heterocycles. The van der Waals surface area contributed by atoms with Gasteiger partial charge in [-0.15, -0.1) is 0 Å². The van der Waals surface area contributed by atoms with Gasteiger partial charge in [0.2, 0.25) is 0 Å². The van der Waals surface area contributed by atoms with Crippen molar-refractivity contribution in [2.24, 2.45) is 0 Å². The van der Waals surface area contributed by atoms with Crippen molar-refractivity contribution in [1.82, 2.24) is 4.90 Å². The summed E-state index contributed by atoms with van der Waals surface area (Å²) in [6, 6.07) is 10.3. The average molecular weight is 418 g/mol. The van der Waals surface area contributed by atoms with Crippen molar-refractivity contribution >= 4 is 29.1 Å². The van der Waals surface area contributed by atoms with Crippen LogP contribution in [0, 0.1) is 0 Å².